The van der Waals surface area contributed by atoms with Crippen LogP contribution in [-0.2, 0) is 22.1 Å². The molecule has 0 spiro atoms. The molecule has 3 nitrogen and oxygen atoms in total. The summed E-state index contributed by atoms with van der Waals surface area (Å²) in [6, 6.07) is 3.33. The van der Waals surface area contributed by atoms with E-state index < -0.39 is 17.7 Å². The highest BCUT2D eigenvalue weighted by molar-refractivity contribution is 5.72. The molecule has 18 heavy (non-hydrogen) atoms. The Balaban J connectivity index is 2.96. The average Bonchev–Trinajstić information content (AvgIpc) is 2.27. The Kier molecular flexibility index (Phi) is 4.58. The van der Waals surface area contributed by atoms with E-state index >= 15 is 0 Å². The van der Waals surface area contributed by atoms with Crippen molar-refractivity contribution in [1.82, 2.24) is 0 Å². The minimum atomic E-state index is -4.48. The maximum atomic E-state index is 12.6. The van der Waals surface area contributed by atoms with Crippen molar-refractivity contribution in [1.29, 1.82) is 0 Å². The van der Waals surface area contributed by atoms with Crippen LogP contribution in [0.15, 0.2) is 18.2 Å². The predicted octanol–water partition coefficient (Wildman–Crippen LogP) is 2.82. The van der Waals surface area contributed by atoms with Crippen LogP contribution >= 0.6 is 0 Å². The van der Waals surface area contributed by atoms with Crippen molar-refractivity contribution in [2.45, 2.75) is 19.5 Å². The lowest BCUT2D eigenvalue weighted by molar-refractivity contribution is -0.142. The Morgan fingerprint density at radius 2 is 2.00 bits per heavy atom. The second-order valence-corrected chi connectivity index (χ2v) is 3.51. The van der Waals surface area contributed by atoms with Crippen molar-refractivity contribution in [3.05, 3.63) is 29.3 Å². The van der Waals surface area contributed by atoms with Crippen LogP contribution in [0.4, 0.5) is 13.2 Å². The van der Waals surface area contributed by atoms with Gasteiger partial charge in [-0.1, -0.05) is 6.07 Å². The second-order valence-electron chi connectivity index (χ2n) is 3.51. The number of methoxy groups -OCH3 is 1. The van der Waals surface area contributed by atoms with E-state index in [-0.39, 0.29) is 18.8 Å². The van der Waals surface area contributed by atoms with E-state index in [1.54, 1.807) is 6.92 Å². The maximum absolute atomic E-state index is 12.6. The van der Waals surface area contributed by atoms with Crippen molar-refractivity contribution < 1.29 is 27.4 Å². The van der Waals surface area contributed by atoms with E-state index in [4.69, 9.17) is 4.74 Å². The lowest BCUT2D eigenvalue weighted by Crippen LogP contribution is -2.10. The van der Waals surface area contributed by atoms with Gasteiger partial charge in [0.25, 0.3) is 0 Å². The molecule has 0 amide bonds. The van der Waals surface area contributed by atoms with Crippen molar-refractivity contribution in [2.75, 3.05) is 13.7 Å². The number of esters is 1. The molecule has 0 aliphatic rings. The van der Waals surface area contributed by atoms with Crippen LogP contribution in [0.2, 0.25) is 0 Å². The van der Waals surface area contributed by atoms with Crippen molar-refractivity contribution in [3.8, 4) is 5.75 Å². The first-order valence-corrected chi connectivity index (χ1v) is 5.28. The molecule has 0 fully saturated rings. The van der Waals surface area contributed by atoms with Crippen LogP contribution in [0, 0.1) is 0 Å². The van der Waals surface area contributed by atoms with Gasteiger partial charge in [-0.05, 0) is 24.6 Å². The van der Waals surface area contributed by atoms with Gasteiger partial charge in [-0.2, -0.15) is 13.2 Å². The van der Waals surface area contributed by atoms with Gasteiger partial charge >= 0.3 is 12.1 Å². The Bertz CT molecular complexity index is 427. The number of carbonyl (C=O) groups excluding carboxylic acids is 1. The molecule has 0 radical (unpaired) electrons. The summed E-state index contributed by atoms with van der Waals surface area (Å²) < 4.78 is 47.1. The number of carbonyl (C=O) groups is 1. The fourth-order valence-electron chi connectivity index (χ4n) is 1.46. The topological polar surface area (TPSA) is 35.5 Å². The van der Waals surface area contributed by atoms with Gasteiger partial charge in [-0.3, -0.25) is 4.79 Å². The summed E-state index contributed by atoms with van der Waals surface area (Å²) in [5.74, 6) is -0.788. The fraction of sp³-hybridized carbons (Fsp3) is 0.417. The van der Waals surface area contributed by atoms with E-state index in [0.29, 0.717) is 5.56 Å². The molecule has 6 heteroatoms. The molecule has 0 N–H and O–H groups in total. The molecule has 0 bridgehead atoms. The lowest BCUT2D eigenvalue weighted by Gasteiger charge is -2.13. The number of benzene rings is 1. The van der Waals surface area contributed by atoms with E-state index in [1.165, 1.54) is 12.1 Å². The summed E-state index contributed by atoms with van der Waals surface area (Å²) in [6.07, 6.45) is -4.56. The quantitative estimate of drug-likeness (QED) is 0.783. The molecular formula is C12H13F3O3. The van der Waals surface area contributed by atoms with Gasteiger partial charge < -0.3 is 9.47 Å². The molecule has 0 aromatic heterocycles. The first-order chi connectivity index (χ1) is 8.38. The number of alkyl halides is 3. The standard InChI is InChI=1S/C12H13F3O3/c1-3-18-11(16)7-8-4-5-9(12(13,14)15)10(6-8)17-2/h4-6H,3,7H2,1-2H3. The summed E-state index contributed by atoms with van der Waals surface area (Å²) in [5.41, 5.74) is -0.448. The van der Waals surface area contributed by atoms with E-state index in [2.05, 4.69) is 4.74 Å². The molecule has 100 valence electrons. The molecule has 1 aromatic rings. The summed E-state index contributed by atoms with van der Waals surface area (Å²) in [4.78, 5) is 11.2. The van der Waals surface area contributed by atoms with Crippen LogP contribution in [0.5, 0.6) is 5.75 Å². The second kappa shape index (κ2) is 5.75. The van der Waals surface area contributed by atoms with E-state index in [1.807, 2.05) is 0 Å². The third-order valence-corrected chi connectivity index (χ3v) is 2.23. The molecule has 0 heterocycles. The average molecular weight is 262 g/mol. The first kappa shape index (κ1) is 14.3. The zero-order valence-electron chi connectivity index (χ0n) is 10.0. The first-order valence-electron chi connectivity index (χ1n) is 5.28. The van der Waals surface area contributed by atoms with Gasteiger partial charge in [-0.25, -0.2) is 0 Å². The van der Waals surface area contributed by atoms with Crippen molar-refractivity contribution in [3.63, 3.8) is 0 Å². The third kappa shape index (κ3) is 3.65. The molecular weight excluding hydrogens is 249 g/mol. The maximum Gasteiger partial charge on any atom is 0.419 e. The fourth-order valence-corrected chi connectivity index (χ4v) is 1.46. The molecule has 0 aliphatic carbocycles. The number of halogens is 3. The SMILES string of the molecule is CCOC(=O)Cc1ccc(C(F)(F)F)c(OC)c1. The molecule has 0 saturated carbocycles. The molecule has 1 rings (SSSR count). The monoisotopic (exact) mass is 262 g/mol. The highest BCUT2D eigenvalue weighted by Crippen LogP contribution is 2.36. The molecule has 0 aliphatic heterocycles. The zero-order valence-corrected chi connectivity index (χ0v) is 10.0. The van der Waals surface area contributed by atoms with Gasteiger partial charge in [0, 0.05) is 0 Å². The number of rotatable bonds is 4. The summed E-state index contributed by atoms with van der Waals surface area (Å²) in [5, 5.41) is 0. The van der Waals surface area contributed by atoms with Crippen LogP contribution in [0.3, 0.4) is 0 Å². The summed E-state index contributed by atoms with van der Waals surface area (Å²) in [7, 11) is 1.15. The molecule has 1 aromatic carbocycles. The van der Waals surface area contributed by atoms with E-state index in [0.717, 1.165) is 13.2 Å². The minimum Gasteiger partial charge on any atom is -0.496 e. The van der Waals surface area contributed by atoms with Crippen LogP contribution in [0.25, 0.3) is 0 Å². The van der Waals surface area contributed by atoms with Gasteiger partial charge in [0.15, 0.2) is 0 Å². The Morgan fingerprint density at radius 1 is 1.33 bits per heavy atom. The van der Waals surface area contributed by atoms with Crippen molar-refractivity contribution >= 4 is 5.97 Å². The Hall–Kier alpha value is -1.72. The number of hydrogen-bond donors (Lipinski definition) is 0. The van der Waals surface area contributed by atoms with Crippen LogP contribution < -0.4 is 4.74 Å². The van der Waals surface area contributed by atoms with Crippen molar-refractivity contribution in [2.24, 2.45) is 0 Å². The summed E-state index contributed by atoms with van der Waals surface area (Å²) in [6.45, 7) is 1.89. The number of ether oxygens (including phenoxy) is 2. The van der Waals surface area contributed by atoms with Gasteiger partial charge in [0.05, 0.1) is 25.7 Å². The molecule has 0 unspecified atom stereocenters. The van der Waals surface area contributed by atoms with Crippen LogP contribution in [0.1, 0.15) is 18.1 Å². The Morgan fingerprint density at radius 3 is 2.50 bits per heavy atom. The third-order valence-electron chi connectivity index (χ3n) is 2.23. The highest BCUT2D eigenvalue weighted by atomic mass is 19.4. The molecule has 0 saturated heterocycles. The predicted molar refractivity (Wildman–Crippen MR) is 58.3 cm³/mol. The Labute approximate surface area is 103 Å². The highest BCUT2D eigenvalue weighted by Gasteiger charge is 2.34. The van der Waals surface area contributed by atoms with Gasteiger partial charge in [-0.15, -0.1) is 0 Å². The smallest absolute Gasteiger partial charge is 0.419 e. The zero-order chi connectivity index (χ0) is 13.8. The summed E-state index contributed by atoms with van der Waals surface area (Å²) >= 11 is 0. The van der Waals surface area contributed by atoms with Gasteiger partial charge in [0.2, 0.25) is 0 Å². The number of hydrogen-bond acceptors (Lipinski definition) is 3. The minimum absolute atomic E-state index is 0.0810. The largest absolute Gasteiger partial charge is 0.496 e. The lowest BCUT2D eigenvalue weighted by atomic mass is 10.1. The normalized spacial score (nSPS) is 11.2. The molecule has 0 atom stereocenters. The van der Waals surface area contributed by atoms with Gasteiger partial charge in [0.1, 0.15) is 5.75 Å². The van der Waals surface area contributed by atoms with E-state index in [9.17, 15) is 18.0 Å². The van der Waals surface area contributed by atoms with Crippen LogP contribution in [-0.4, -0.2) is 19.7 Å².